The Morgan fingerprint density at radius 3 is 2.41 bits per heavy atom. The van der Waals surface area contributed by atoms with Gasteiger partial charge in [-0.1, -0.05) is 24.3 Å². The molecule has 0 heterocycles. The summed E-state index contributed by atoms with van der Waals surface area (Å²) >= 11 is 0. The predicted molar refractivity (Wildman–Crippen MR) is 110 cm³/mol. The van der Waals surface area contributed by atoms with Crippen molar-refractivity contribution in [3.63, 3.8) is 0 Å². The maximum Gasteiger partial charge on any atom is 0.338 e. The molecule has 0 unspecified atom stereocenters. The molecular formula is C22H20FNO4S. The van der Waals surface area contributed by atoms with E-state index in [1.807, 2.05) is 0 Å². The first-order valence-electron chi connectivity index (χ1n) is 8.97. The number of sulfonamides is 1. The number of halogens is 1. The van der Waals surface area contributed by atoms with Gasteiger partial charge in [0, 0.05) is 5.69 Å². The maximum absolute atomic E-state index is 13.3. The highest BCUT2D eigenvalue weighted by molar-refractivity contribution is 7.92. The van der Waals surface area contributed by atoms with Gasteiger partial charge in [0.2, 0.25) is 0 Å². The quantitative estimate of drug-likeness (QED) is 0.591. The van der Waals surface area contributed by atoms with Crippen LogP contribution in [0.15, 0.2) is 71.6 Å². The first kappa shape index (κ1) is 20.5. The third-order valence-electron chi connectivity index (χ3n) is 4.29. The van der Waals surface area contributed by atoms with Crippen molar-refractivity contribution < 1.29 is 22.3 Å². The molecule has 29 heavy (non-hydrogen) atoms. The van der Waals surface area contributed by atoms with Crippen LogP contribution in [0, 0.1) is 12.7 Å². The zero-order valence-corrected chi connectivity index (χ0v) is 16.8. The topological polar surface area (TPSA) is 72.5 Å². The van der Waals surface area contributed by atoms with Crippen LogP contribution in [-0.2, 0) is 14.8 Å². The van der Waals surface area contributed by atoms with Crippen LogP contribution in [0.4, 0.5) is 10.1 Å². The predicted octanol–water partition coefficient (Wildman–Crippen LogP) is 4.78. The van der Waals surface area contributed by atoms with Crippen LogP contribution in [0.1, 0.15) is 22.8 Å². The highest BCUT2D eigenvalue weighted by atomic mass is 32.2. The molecule has 0 bridgehead atoms. The van der Waals surface area contributed by atoms with Crippen molar-refractivity contribution in [1.29, 1.82) is 0 Å². The minimum Gasteiger partial charge on any atom is -0.462 e. The monoisotopic (exact) mass is 413 g/mol. The average Bonchev–Trinajstić information content (AvgIpc) is 2.68. The minimum atomic E-state index is -3.85. The lowest BCUT2D eigenvalue weighted by Gasteiger charge is -2.11. The summed E-state index contributed by atoms with van der Waals surface area (Å²) in [7, 11) is -3.85. The standard InChI is InChI=1S/C22H20FNO4S/c1-3-28-22(25)17-5-4-6-19(14-17)24-29(26,27)20-10-7-16(8-11-20)21-12-9-18(23)13-15(21)2/h4-14,24H,3H2,1-2H3. The van der Waals surface area contributed by atoms with Gasteiger partial charge in [-0.2, -0.15) is 0 Å². The van der Waals surface area contributed by atoms with E-state index in [4.69, 9.17) is 4.74 Å². The van der Waals surface area contributed by atoms with Gasteiger partial charge in [-0.15, -0.1) is 0 Å². The number of hydrogen-bond acceptors (Lipinski definition) is 4. The van der Waals surface area contributed by atoms with Crippen molar-refractivity contribution in [2.24, 2.45) is 0 Å². The smallest absolute Gasteiger partial charge is 0.338 e. The second-order valence-corrected chi connectivity index (χ2v) is 8.07. The van der Waals surface area contributed by atoms with Gasteiger partial charge in [0.15, 0.2) is 0 Å². The molecule has 3 rings (SSSR count). The second kappa shape index (κ2) is 8.45. The Labute approximate surface area is 169 Å². The molecule has 0 fully saturated rings. The largest absolute Gasteiger partial charge is 0.462 e. The van der Waals surface area contributed by atoms with Crippen LogP contribution in [-0.4, -0.2) is 21.0 Å². The number of carbonyl (C=O) groups excluding carboxylic acids is 1. The summed E-state index contributed by atoms with van der Waals surface area (Å²) in [5, 5.41) is 0. The number of hydrogen-bond donors (Lipinski definition) is 1. The van der Waals surface area contributed by atoms with E-state index in [0.717, 1.165) is 16.7 Å². The highest BCUT2D eigenvalue weighted by Crippen LogP contribution is 2.26. The van der Waals surface area contributed by atoms with Crippen molar-refractivity contribution in [3.8, 4) is 11.1 Å². The lowest BCUT2D eigenvalue weighted by molar-refractivity contribution is 0.0526. The van der Waals surface area contributed by atoms with Gasteiger partial charge in [0.05, 0.1) is 17.1 Å². The Morgan fingerprint density at radius 1 is 1.03 bits per heavy atom. The van der Waals surface area contributed by atoms with Gasteiger partial charge < -0.3 is 4.74 Å². The van der Waals surface area contributed by atoms with E-state index in [1.54, 1.807) is 50.2 Å². The van der Waals surface area contributed by atoms with E-state index in [-0.39, 0.29) is 28.6 Å². The molecule has 0 radical (unpaired) electrons. The van der Waals surface area contributed by atoms with E-state index in [2.05, 4.69) is 4.72 Å². The van der Waals surface area contributed by atoms with Crippen molar-refractivity contribution in [3.05, 3.63) is 83.7 Å². The second-order valence-electron chi connectivity index (χ2n) is 6.39. The summed E-state index contributed by atoms with van der Waals surface area (Å²) in [6.07, 6.45) is 0. The number of aryl methyl sites for hydroxylation is 1. The number of carbonyl (C=O) groups is 1. The Hall–Kier alpha value is -3.19. The van der Waals surface area contributed by atoms with E-state index in [1.165, 1.54) is 30.3 Å². The lowest BCUT2D eigenvalue weighted by atomic mass is 10.0. The van der Waals surface area contributed by atoms with Crippen molar-refractivity contribution in [1.82, 2.24) is 0 Å². The fourth-order valence-electron chi connectivity index (χ4n) is 2.90. The molecule has 0 atom stereocenters. The van der Waals surface area contributed by atoms with Crippen LogP contribution >= 0.6 is 0 Å². The van der Waals surface area contributed by atoms with Gasteiger partial charge in [-0.25, -0.2) is 17.6 Å². The average molecular weight is 413 g/mol. The number of nitrogens with one attached hydrogen (secondary N) is 1. The minimum absolute atomic E-state index is 0.0718. The number of rotatable bonds is 6. The van der Waals surface area contributed by atoms with Crippen LogP contribution < -0.4 is 4.72 Å². The molecule has 3 aromatic carbocycles. The fourth-order valence-corrected chi connectivity index (χ4v) is 3.95. The van der Waals surface area contributed by atoms with Gasteiger partial charge in [-0.3, -0.25) is 4.72 Å². The number of esters is 1. The molecule has 0 spiro atoms. The maximum atomic E-state index is 13.3. The molecule has 1 N–H and O–H groups in total. The zero-order valence-electron chi connectivity index (χ0n) is 16.0. The molecule has 7 heteroatoms. The van der Waals surface area contributed by atoms with Crippen LogP contribution in [0.2, 0.25) is 0 Å². The molecule has 3 aromatic rings. The summed E-state index contributed by atoms with van der Waals surface area (Å²) in [6, 6.07) is 16.9. The highest BCUT2D eigenvalue weighted by Gasteiger charge is 2.16. The number of anilines is 1. The van der Waals surface area contributed by atoms with Gasteiger partial charge in [0.25, 0.3) is 10.0 Å². The van der Waals surface area contributed by atoms with Crippen LogP contribution in [0.25, 0.3) is 11.1 Å². The molecule has 150 valence electrons. The summed E-state index contributed by atoms with van der Waals surface area (Å²) in [4.78, 5) is 11.9. The third-order valence-corrected chi connectivity index (χ3v) is 5.69. The summed E-state index contributed by atoms with van der Waals surface area (Å²) in [5.74, 6) is -0.840. The van der Waals surface area contributed by atoms with Crippen molar-refractivity contribution in [2.75, 3.05) is 11.3 Å². The Bertz CT molecular complexity index is 1140. The molecule has 0 aliphatic heterocycles. The Kier molecular flexibility index (Phi) is 5.98. The normalized spacial score (nSPS) is 11.1. The molecule has 0 amide bonds. The number of benzene rings is 3. The first-order chi connectivity index (χ1) is 13.8. The van der Waals surface area contributed by atoms with E-state index in [9.17, 15) is 17.6 Å². The van der Waals surface area contributed by atoms with Crippen LogP contribution in [0.5, 0.6) is 0 Å². The van der Waals surface area contributed by atoms with Crippen molar-refractivity contribution >= 4 is 21.7 Å². The fraction of sp³-hybridized carbons (Fsp3) is 0.136. The molecule has 0 aromatic heterocycles. The van der Waals surface area contributed by atoms with Gasteiger partial charge in [-0.05, 0) is 73.0 Å². The summed E-state index contributed by atoms with van der Waals surface area (Å²) in [6.45, 7) is 3.72. The zero-order chi connectivity index (χ0) is 21.0. The van der Waals surface area contributed by atoms with E-state index >= 15 is 0 Å². The lowest BCUT2D eigenvalue weighted by Crippen LogP contribution is -2.13. The van der Waals surface area contributed by atoms with E-state index < -0.39 is 16.0 Å². The van der Waals surface area contributed by atoms with E-state index in [0.29, 0.717) is 0 Å². The van der Waals surface area contributed by atoms with Crippen molar-refractivity contribution in [2.45, 2.75) is 18.7 Å². The van der Waals surface area contributed by atoms with Crippen LogP contribution in [0.3, 0.4) is 0 Å². The van der Waals surface area contributed by atoms with Gasteiger partial charge >= 0.3 is 5.97 Å². The molecular weight excluding hydrogens is 393 g/mol. The first-order valence-corrected chi connectivity index (χ1v) is 10.4. The Morgan fingerprint density at radius 2 is 1.76 bits per heavy atom. The Balaban J connectivity index is 1.83. The number of ether oxygens (including phenoxy) is 1. The molecule has 0 aliphatic carbocycles. The third kappa shape index (κ3) is 4.81. The summed E-state index contributed by atoms with van der Waals surface area (Å²) in [5.41, 5.74) is 2.88. The molecule has 5 nitrogen and oxygen atoms in total. The van der Waals surface area contributed by atoms with Gasteiger partial charge in [0.1, 0.15) is 5.82 Å². The molecule has 0 saturated heterocycles. The SMILES string of the molecule is CCOC(=O)c1cccc(NS(=O)(=O)c2ccc(-c3ccc(F)cc3C)cc2)c1. The molecule has 0 saturated carbocycles. The summed E-state index contributed by atoms with van der Waals surface area (Å²) < 4.78 is 46.1. The molecule has 0 aliphatic rings.